The molecule has 0 spiro atoms. The highest BCUT2D eigenvalue weighted by Gasteiger charge is 2.00. The van der Waals surface area contributed by atoms with Crippen LogP contribution < -0.4 is 0 Å². The van der Waals surface area contributed by atoms with Gasteiger partial charge in [0, 0.05) is 6.42 Å². The zero-order valence-electron chi connectivity index (χ0n) is 27.3. The molecule has 1 nitrogen and oxygen atoms in total. The predicted octanol–water partition coefficient (Wildman–Crippen LogP) is 11.9. The molecule has 0 bridgehead atoms. The quantitative estimate of drug-likeness (QED) is 0.272. The second kappa shape index (κ2) is 29.1. The number of aryl methyl sites for hydroxylation is 2. The van der Waals surface area contributed by atoms with Crippen LogP contribution in [-0.2, 0) is 24.1 Å². The molecule has 0 aliphatic heterocycles. The van der Waals surface area contributed by atoms with Crippen molar-refractivity contribution in [2.24, 2.45) is 11.8 Å². The minimum absolute atomic E-state index is 0.160. The molecule has 0 saturated heterocycles. The van der Waals surface area contributed by atoms with Crippen LogP contribution in [-0.4, -0.2) is 12.0 Å². The molecule has 3 heteroatoms. The van der Waals surface area contributed by atoms with Crippen LogP contribution in [0.5, 0.6) is 0 Å². The Kier molecular flexibility index (Phi) is 31.1. The minimum Gasteiger partial charge on any atom is -0.300 e. The Morgan fingerprint density at radius 3 is 1.54 bits per heavy atom. The van der Waals surface area contributed by atoms with Crippen molar-refractivity contribution in [2.45, 2.75) is 121 Å². The second-order valence-electron chi connectivity index (χ2n) is 10.2. The van der Waals surface area contributed by atoms with Crippen LogP contribution in [0, 0.1) is 17.7 Å². The Morgan fingerprint density at radius 1 is 0.795 bits per heavy atom. The summed E-state index contributed by atoms with van der Waals surface area (Å²) in [4.78, 5) is 12.1. The lowest BCUT2D eigenvalue weighted by atomic mass is 10.0. The number of hydrogen-bond donors (Lipinski definition) is 0. The topological polar surface area (TPSA) is 17.1 Å². The molecule has 0 radical (unpaired) electrons. The second-order valence-corrected chi connectivity index (χ2v) is 11.3. The lowest BCUT2D eigenvalue weighted by molar-refractivity contribution is -0.116. The Bertz CT molecular complexity index is 803. The number of ketones is 1. The van der Waals surface area contributed by atoms with Crippen LogP contribution in [0.2, 0.25) is 0 Å². The van der Waals surface area contributed by atoms with E-state index in [4.69, 9.17) is 0 Å². The van der Waals surface area contributed by atoms with E-state index in [2.05, 4.69) is 65.5 Å². The van der Waals surface area contributed by atoms with Gasteiger partial charge in [0.25, 0.3) is 0 Å². The minimum atomic E-state index is -0.160. The zero-order valence-corrected chi connectivity index (χ0v) is 28.1. The van der Waals surface area contributed by atoms with E-state index >= 15 is 0 Å². The Hall–Kier alpha value is -1.87. The highest BCUT2D eigenvalue weighted by atomic mass is 32.2. The maximum Gasteiger partial charge on any atom is 0.134 e. The SMILES string of the molecule is C=C(C)SC.CC.CC(=O)Cc1ccc(CCC(C)C)cc1.CCCC(C)CCC.CCc1ccc(F)cc1. The molecule has 39 heavy (non-hydrogen) atoms. The first-order chi connectivity index (χ1) is 18.5. The van der Waals surface area contributed by atoms with E-state index < -0.39 is 0 Å². The van der Waals surface area contributed by atoms with Gasteiger partial charge in [-0.25, -0.2) is 4.39 Å². The summed E-state index contributed by atoms with van der Waals surface area (Å²) in [6.07, 6.45) is 11.4. The van der Waals surface area contributed by atoms with Crippen molar-refractivity contribution in [1.82, 2.24) is 0 Å². The third-order valence-electron chi connectivity index (χ3n) is 5.72. The Balaban J connectivity index is -0.000000466. The molecule has 2 rings (SSSR count). The predicted molar refractivity (Wildman–Crippen MR) is 178 cm³/mol. The molecule has 0 unspecified atom stereocenters. The largest absolute Gasteiger partial charge is 0.300 e. The molecule has 0 N–H and O–H groups in total. The lowest BCUT2D eigenvalue weighted by Crippen LogP contribution is -1.97. The third-order valence-corrected chi connectivity index (χ3v) is 6.42. The maximum atomic E-state index is 12.2. The highest BCUT2D eigenvalue weighted by Crippen LogP contribution is 2.12. The van der Waals surface area contributed by atoms with Gasteiger partial charge in [0.2, 0.25) is 0 Å². The number of hydrogen-bond acceptors (Lipinski definition) is 2. The first-order valence-corrected chi connectivity index (χ1v) is 16.2. The van der Waals surface area contributed by atoms with Crippen LogP contribution in [0.3, 0.4) is 0 Å². The van der Waals surface area contributed by atoms with Crippen molar-refractivity contribution in [2.75, 3.05) is 6.26 Å². The molecule has 0 aliphatic carbocycles. The molecule has 0 aromatic heterocycles. The van der Waals surface area contributed by atoms with Crippen molar-refractivity contribution in [1.29, 1.82) is 0 Å². The first-order valence-electron chi connectivity index (χ1n) is 15.0. The number of rotatable bonds is 11. The maximum absolute atomic E-state index is 12.2. The van der Waals surface area contributed by atoms with Gasteiger partial charge in [0.05, 0.1) is 0 Å². The number of carbonyl (C=O) groups is 1. The lowest BCUT2D eigenvalue weighted by Gasteiger charge is -2.05. The van der Waals surface area contributed by atoms with Crippen molar-refractivity contribution in [3.05, 3.63) is 82.5 Å². The van der Waals surface area contributed by atoms with Gasteiger partial charge in [-0.1, -0.05) is 124 Å². The average Bonchev–Trinajstić information content (AvgIpc) is 2.91. The summed E-state index contributed by atoms with van der Waals surface area (Å²) in [5.74, 6) is 1.78. The summed E-state index contributed by atoms with van der Waals surface area (Å²) in [7, 11) is 0. The molecule has 0 aliphatic rings. The monoisotopic (exact) mass is 560 g/mol. The summed E-state index contributed by atoms with van der Waals surface area (Å²) in [5.41, 5.74) is 3.67. The molecule has 0 heterocycles. The van der Waals surface area contributed by atoms with E-state index in [1.807, 2.05) is 34.0 Å². The molecule has 2 aromatic carbocycles. The fourth-order valence-corrected chi connectivity index (χ4v) is 3.42. The van der Waals surface area contributed by atoms with Crippen LogP contribution in [0.4, 0.5) is 4.39 Å². The molecular weight excluding hydrogens is 499 g/mol. The van der Waals surface area contributed by atoms with Crippen molar-refractivity contribution >= 4 is 17.5 Å². The molecular formula is C36H61FOS. The fourth-order valence-electron chi connectivity index (χ4n) is 3.42. The van der Waals surface area contributed by atoms with E-state index in [1.54, 1.807) is 30.8 Å². The van der Waals surface area contributed by atoms with Gasteiger partial charge in [-0.15, -0.1) is 11.8 Å². The fraction of sp³-hybridized carbons (Fsp3) is 0.583. The van der Waals surface area contributed by atoms with Crippen molar-refractivity contribution < 1.29 is 9.18 Å². The number of Topliss-reactive ketones (excluding diaryl/α,β-unsaturated/α-hetero) is 1. The highest BCUT2D eigenvalue weighted by molar-refractivity contribution is 8.02. The molecule has 2 aromatic rings. The standard InChI is InChI=1S/C14H20O.C8H9F.C8H18.C4H8S.C2H6/c1-11(2)4-5-13-6-8-14(9-7-13)10-12(3)15;1-2-7-3-5-8(9)6-4-7;1-4-6-8(3)7-5-2;1-4(2)5-3;1-2/h6-9,11H,4-5,10H2,1-3H3;3-6H,2H2,1H3;8H,4-7H2,1-3H3;1H2,2-3H3;1-2H3. The van der Waals surface area contributed by atoms with Crippen LogP contribution >= 0.6 is 11.8 Å². The van der Waals surface area contributed by atoms with E-state index in [0.29, 0.717) is 6.42 Å². The van der Waals surface area contributed by atoms with Crippen LogP contribution in [0.15, 0.2) is 60.0 Å². The van der Waals surface area contributed by atoms with Crippen molar-refractivity contribution in [3.8, 4) is 0 Å². The van der Waals surface area contributed by atoms with Gasteiger partial charge in [0.15, 0.2) is 0 Å². The third kappa shape index (κ3) is 30.5. The molecule has 224 valence electrons. The van der Waals surface area contributed by atoms with Gasteiger partial charge in [-0.2, -0.15) is 0 Å². The summed E-state index contributed by atoms with van der Waals surface area (Å²) < 4.78 is 12.2. The molecule has 0 fully saturated rings. The normalized spacial score (nSPS) is 9.59. The zero-order chi connectivity index (χ0) is 30.6. The molecule has 0 amide bonds. The molecule has 0 atom stereocenters. The number of carbonyl (C=O) groups excluding carboxylic acids is 1. The van der Waals surface area contributed by atoms with E-state index in [9.17, 15) is 9.18 Å². The Labute approximate surface area is 247 Å². The van der Waals surface area contributed by atoms with Gasteiger partial charge >= 0.3 is 0 Å². The first kappa shape index (κ1) is 41.6. The van der Waals surface area contributed by atoms with Gasteiger partial charge in [-0.05, 0) is 84.9 Å². The number of thioether (sulfide) groups is 1. The smallest absolute Gasteiger partial charge is 0.134 e. The van der Waals surface area contributed by atoms with E-state index in [0.717, 1.165) is 30.2 Å². The van der Waals surface area contributed by atoms with Crippen LogP contribution in [0.25, 0.3) is 0 Å². The van der Waals surface area contributed by atoms with Crippen LogP contribution in [0.1, 0.15) is 118 Å². The number of allylic oxidation sites excluding steroid dienone is 1. The summed E-state index contributed by atoms with van der Waals surface area (Å²) in [6.45, 7) is 24.6. The summed E-state index contributed by atoms with van der Waals surface area (Å²) in [6, 6.07) is 15.0. The number of halogens is 1. The van der Waals surface area contributed by atoms with Gasteiger partial charge in [-0.3, -0.25) is 4.79 Å². The van der Waals surface area contributed by atoms with Gasteiger partial charge in [0.1, 0.15) is 11.6 Å². The molecule has 0 saturated carbocycles. The summed E-state index contributed by atoms with van der Waals surface area (Å²) in [5, 5.41) is 0. The van der Waals surface area contributed by atoms with Gasteiger partial charge < -0.3 is 0 Å². The number of benzene rings is 2. The van der Waals surface area contributed by atoms with E-state index in [-0.39, 0.29) is 11.6 Å². The van der Waals surface area contributed by atoms with Crippen molar-refractivity contribution in [3.63, 3.8) is 0 Å². The average molecular weight is 561 g/mol. The Morgan fingerprint density at radius 2 is 1.21 bits per heavy atom. The summed E-state index contributed by atoms with van der Waals surface area (Å²) >= 11 is 1.69. The van der Waals surface area contributed by atoms with E-state index in [1.165, 1.54) is 60.3 Å².